The summed E-state index contributed by atoms with van der Waals surface area (Å²) < 4.78 is 0. The molecular formula is C4H8N4O4. The molecule has 8 nitrogen and oxygen atoms in total. The van der Waals surface area contributed by atoms with Crippen molar-refractivity contribution in [2.75, 3.05) is 14.2 Å². The predicted molar refractivity (Wildman–Crippen MR) is 35.3 cm³/mol. The van der Waals surface area contributed by atoms with Crippen LogP contribution >= 0.6 is 0 Å². The van der Waals surface area contributed by atoms with Crippen molar-refractivity contribution in [3.05, 3.63) is 22.8 Å². The predicted octanol–water partition coefficient (Wildman–Crippen LogP) is 0.505. The zero-order valence-corrected chi connectivity index (χ0v) is 6.63. The van der Waals surface area contributed by atoms with Crippen LogP contribution in [0.3, 0.4) is 0 Å². The van der Waals surface area contributed by atoms with Gasteiger partial charge in [0.05, 0.1) is 16.3 Å². The molecule has 0 heterocycles. The highest BCUT2D eigenvalue weighted by Crippen LogP contribution is 1.95. The lowest BCUT2D eigenvalue weighted by Crippen LogP contribution is -2.10. The van der Waals surface area contributed by atoms with Crippen LogP contribution in [-0.2, 0) is 9.68 Å². The van der Waals surface area contributed by atoms with Crippen molar-refractivity contribution in [1.29, 1.82) is 0 Å². The van der Waals surface area contributed by atoms with Crippen molar-refractivity contribution in [2.45, 2.75) is 0 Å². The molecule has 0 aromatic rings. The Bertz CT molecular complexity index is 201. The fraction of sp³-hybridized carbons (Fsp3) is 0.500. The van der Waals surface area contributed by atoms with Gasteiger partial charge in [-0.05, 0) is 0 Å². The van der Waals surface area contributed by atoms with E-state index >= 15 is 0 Å². The van der Waals surface area contributed by atoms with Gasteiger partial charge in [0.25, 0.3) is 0 Å². The first-order valence-corrected chi connectivity index (χ1v) is 2.75. The van der Waals surface area contributed by atoms with Crippen LogP contribution in [0.4, 0.5) is 0 Å². The minimum absolute atomic E-state index is 0.129. The lowest BCUT2D eigenvalue weighted by molar-refractivity contribution is -0.682. The van der Waals surface area contributed by atoms with E-state index in [0.29, 0.717) is 0 Å². The Balaban J connectivity index is 4.39. The largest absolute Gasteiger partial charge is 0.587 e. The van der Waals surface area contributed by atoms with Gasteiger partial charge < -0.3 is 20.1 Å². The smallest absolute Gasteiger partial charge is 0.516 e. The molecule has 0 rings (SSSR count). The number of hydrogen-bond donors (Lipinski definition) is 0. The SMILES string of the molecule is C=C([N+]([O-])=NOC)[N+]([O-])=NOC. The molecule has 0 atom stereocenters. The van der Waals surface area contributed by atoms with Crippen molar-refractivity contribution >= 4 is 0 Å². The molecule has 0 aromatic carbocycles. The van der Waals surface area contributed by atoms with Crippen LogP contribution < -0.4 is 0 Å². The highest BCUT2D eigenvalue weighted by Gasteiger charge is 2.17. The molecule has 8 heteroatoms. The van der Waals surface area contributed by atoms with Crippen LogP contribution in [0.25, 0.3) is 0 Å². The Morgan fingerprint density at radius 3 is 1.75 bits per heavy atom. The van der Waals surface area contributed by atoms with E-state index in [1.165, 1.54) is 0 Å². The number of hydrogen-bond acceptors (Lipinski definition) is 6. The molecule has 0 amide bonds. The molecule has 68 valence electrons. The van der Waals surface area contributed by atoms with Gasteiger partial charge in [-0.3, -0.25) is 0 Å². The number of rotatable bonds is 4. The van der Waals surface area contributed by atoms with Gasteiger partial charge in [-0.15, -0.1) is 0 Å². The van der Waals surface area contributed by atoms with Crippen molar-refractivity contribution < 1.29 is 19.4 Å². The van der Waals surface area contributed by atoms with Crippen LogP contribution in [-0.4, -0.2) is 23.9 Å². The second-order valence-corrected chi connectivity index (χ2v) is 1.49. The normalized spacial score (nSPS) is 12.5. The number of hydroxylamine groups is 2. The monoisotopic (exact) mass is 176 g/mol. The van der Waals surface area contributed by atoms with Gasteiger partial charge in [0.2, 0.25) is 10.6 Å². The molecule has 0 unspecified atom stereocenters. The van der Waals surface area contributed by atoms with Crippen LogP contribution in [0.5, 0.6) is 0 Å². The summed E-state index contributed by atoms with van der Waals surface area (Å²) >= 11 is 0. The molecule has 0 aliphatic heterocycles. The molecule has 0 aliphatic carbocycles. The quantitative estimate of drug-likeness (QED) is 0.354. The second-order valence-electron chi connectivity index (χ2n) is 1.49. The first-order chi connectivity index (χ1) is 5.63. The van der Waals surface area contributed by atoms with E-state index in [4.69, 9.17) is 0 Å². The summed E-state index contributed by atoms with van der Waals surface area (Å²) in [4.78, 5) is 7.91. The summed E-state index contributed by atoms with van der Waals surface area (Å²) in [6, 6.07) is 0. The Morgan fingerprint density at radius 1 is 1.17 bits per heavy atom. The second kappa shape index (κ2) is 4.88. The fourth-order valence-corrected chi connectivity index (χ4v) is 0.316. The van der Waals surface area contributed by atoms with E-state index in [2.05, 4.69) is 26.8 Å². The maximum atomic E-state index is 10.6. The highest BCUT2D eigenvalue weighted by atomic mass is 16.7. The molecule has 0 bridgehead atoms. The minimum Gasteiger partial charge on any atom is -0.587 e. The summed E-state index contributed by atoms with van der Waals surface area (Å²) in [7, 11) is 2.31. The fourth-order valence-electron chi connectivity index (χ4n) is 0.316. The summed E-state index contributed by atoms with van der Waals surface area (Å²) in [5.41, 5.74) is 0. The van der Waals surface area contributed by atoms with Crippen LogP contribution in [0.15, 0.2) is 23.0 Å². The van der Waals surface area contributed by atoms with Gasteiger partial charge in [0.15, 0.2) is 0 Å². The summed E-state index contributed by atoms with van der Waals surface area (Å²) in [6.45, 7) is 3.07. The molecule has 12 heavy (non-hydrogen) atoms. The van der Waals surface area contributed by atoms with Gasteiger partial charge in [0, 0.05) is 0 Å². The zero-order valence-electron chi connectivity index (χ0n) is 6.63. The van der Waals surface area contributed by atoms with Crippen LogP contribution in [0.2, 0.25) is 0 Å². The van der Waals surface area contributed by atoms with E-state index in [0.717, 1.165) is 14.2 Å². The van der Waals surface area contributed by atoms with Gasteiger partial charge >= 0.3 is 5.82 Å². The Hall–Kier alpha value is -1.86. The Morgan fingerprint density at radius 2 is 1.50 bits per heavy atom. The molecular weight excluding hydrogens is 168 g/mol. The maximum absolute atomic E-state index is 10.6. The Labute approximate surface area is 68.1 Å². The van der Waals surface area contributed by atoms with Crippen molar-refractivity contribution in [1.82, 2.24) is 0 Å². The van der Waals surface area contributed by atoms with Crippen molar-refractivity contribution in [2.24, 2.45) is 10.6 Å². The summed E-state index contributed by atoms with van der Waals surface area (Å²) in [5, 5.41) is 27.0. The van der Waals surface area contributed by atoms with E-state index in [-0.39, 0.29) is 9.72 Å². The molecule has 0 saturated heterocycles. The minimum atomic E-state index is -0.571. The molecule has 0 aromatic heterocycles. The average molecular weight is 176 g/mol. The standard InChI is InChI=1S/C4H8N4O4/c1-4(7(9)5-11-2)8(10)6-12-3/h1H2,2-3H3. The first kappa shape index (κ1) is 10.1. The van der Waals surface area contributed by atoms with Crippen LogP contribution in [0, 0.1) is 10.4 Å². The third kappa shape index (κ3) is 2.82. The number of nitrogens with zero attached hydrogens (tertiary/aromatic N) is 4. The van der Waals surface area contributed by atoms with E-state index in [1.807, 2.05) is 0 Å². The lowest BCUT2D eigenvalue weighted by atomic mass is 10.9. The third-order valence-corrected chi connectivity index (χ3v) is 0.753. The average Bonchev–Trinajstić information content (AvgIpc) is 2.04. The maximum Gasteiger partial charge on any atom is 0.516 e. The zero-order chi connectivity index (χ0) is 9.56. The summed E-state index contributed by atoms with van der Waals surface area (Å²) in [6.07, 6.45) is 0. The van der Waals surface area contributed by atoms with Gasteiger partial charge in [-0.2, -0.15) is 0 Å². The Kier molecular flexibility index (Phi) is 4.12. The third-order valence-electron chi connectivity index (χ3n) is 0.753. The van der Waals surface area contributed by atoms with Crippen LogP contribution in [0.1, 0.15) is 0 Å². The van der Waals surface area contributed by atoms with Gasteiger partial charge in [-0.1, -0.05) is 0 Å². The van der Waals surface area contributed by atoms with Gasteiger partial charge in [0.1, 0.15) is 14.2 Å². The summed E-state index contributed by atoms with van der Waals surface area (Å²) in [5.74, 6) is -0.571. The highest BCUT2D eigenvalue weighted by molar-refractivity contribution is 4.60. The first-order valence-electron chi connectivity index (χ1n) is 2.75. The molecule has 0 spiro atoms. The molecule has 0 saturated carbocycles. The van der Waals surface area contributed by atoms with E-state index in [1.54, 1.807) is 0 Å². The molecule has 0 N–H and O–H groups in total. The van der Waals surface area contributed by atoms with Crippen molar-refractivity contribution in [3.8, 4) is 0 Å². The molecule has 0 aliphatic rings. The molecule has 0 fully saturated rings. The topological polar surface area (TPSA) is 95.3 Å². The van der Waals surface area contributed by atoms with Crippen molar-refractivity contribution in [3.63, 3.8) is 0 Å². The van der Waals surface area contributed by atoms with E-state index in [9.17, 15) is 10.4 Å². The lowest BCUT2D eigenvalue weighted by Gasteiger charge is -1.96. The van der Waals surface area contributed by atoms with Gasteiger partial charge in [-0.25, -0.2) is 0 Å². The molecule has 0 radical (unpaired) electrons. The van der Waals surface area contributed by atoms with E-state index < -0.39 is 5.82 Å².